The van der Waals surface area contributed by atoms with Crippen molar-refractivity contribution >= 4 is 69.2 Å². The molecule has 0 atom stereocenters. The number of thiocarbonyl (C=S) groups is 1. The Balaban J connectivity index is 1.82. The number of benzene rings is 2. The van der Waals surface area contributed by atoms with Crippen molar-refractivity contribution in [2.75, 3.05) is 11.5 Å². The highest BCUT2D eigenvalue weighted by Gasteiger charge is 2.33. The normalized spacial score (nSPS) is 15.6. The number of halogens is 2. The summed E-state index contributed by atoms with van der Waals surface area (Å²) in [5.74, 6) is 0.552. The Bertz CT molecular complexity index is 910. The van der Waals surface area contributed by atoms with Crippen LogP contribution in [0.2, 0.25) is 10.0 Å². The lowest BCUT2D eigenvalue weighted by molar-refractivity contribution is -0.113. The zero-order valence-corrected chi connectivity index (χ0v) is 16.6. The standard InChI is InChI=1S/C19H13Cl2NO2S2/c1-2-9-24-14-6-3-12(4-7-14)10-17-18(23)22(19(25)26-17)13-5-8-15(20)16(21)11-13/h2-8,10-11H,1,9H2. The van der Waals surface area contributed by atoms with Gasteiger partial charge in [0.15, 0.2) is 4.32 Å². The number of anilines is 1. The molecule has 0 spiro atoms. The van der Waals surface area contributed by atoms with Gasteiger partial charge in [-0.15, -0.1) is 0 Å². The molecule has 1 fully saturated rings. The molecule has 1 aliphatic rings. The van der Waals surface area contributed by atoms with Crippen molar-refractivity contribution in [3.8, 4) is 5.75 Å². The summed E-state index contributed by atoms with van der Waals surface area (Å²) < 4.78 is 5.90. The zero-order valence-electron chi connectivity index (χ0n) is 13.4. The SMILES string of the molecule is C=CCOc1ccc(C=C2SC(=S)N(c3ccc(Cl)c(Cl)c3)C2=O)cc1. The van der Waals surface area contributed by atoms with E-state index in [1.165, 1.54) is 16.7 Å². The molecule has 3 rings (SSSR count). The molecule has 1 heterocycles. The van der Waals surface area contributed by atoms with E-state index in [1.54, 1.807) is 30.4 Å². The summed E-state index contributed by atoms with van der Waals surface area (Å²) in [5.41, 5.74) is 1.48. The van der Waals surface area contributed by atoms with Crippen LogP contribution in [0.3, 0.4) is 0 Å². The first-order chi connectivity index (χ1) is 12.5. The average Bonchev–Trinajstić information content (AvgIpc) is 2.90. The van der Waals surface area contributed by atoms with E-state index in [0.29, 0.717) is 31.6 Å². The van der Waals surface area contributed by atoms with E-state index in [4.69, 9.17) is 40.2 Å². The molecule has 0 unspecified atom stereocenters. The minimum absolute atomic E-state index is 0.189. The summed E-state index contributed by atoms with van der Waals surface area (Å²) in [4.78, 5) is 14.8. The molecule has 0 bridgehead atoms. The topological polar surface area (TPSA) is 29.5 Å². The lowest BCUT2D eigenvalue weighted by Crippen LogP contribution is -2.27. The second-order valence-corrected chi connectivity index (χ2v) is 7.77. The fourth-order valence-electron chi connectivity index (χ4n) is 2.28. The predicted octanol–water partition coefficient (Wildman–Crippen LogP) is 5.96. The highest BCUT2D eigenvalue weighted by molar-refractivity contribution is 8.27. The van der Waals surface area contributed by atoms with Crippen molar-refractivity contribution in [1.29, 1.82) is 0 Å². The maximum Gasteiger partial charge on any atom is 0.270 e. The first kappa shape index (κ1) is 19.0. The number of amides is 1. The van der Waals surface area contributed by atoms with Crippen LogP contribution >= 0.6 is 47.2 Å². The van der Waals surface area contributed by atoms with Gasteiger partial charge in [-0.25, -0.2) is 0 Å². The summed E-state index contributed by atoms with van der Waals surface area (Å²) in [7, 11) is 0. The van der Waals surface area contributed by atoms with Gasteiger partial charge in [0.1, 0.15) is 12.4 Å². The molecule has 1 amide bonds. The fourth-order valence-corrected chi connectivity index (χ4v) is 3.87. The van der Waals surface area contributed by atoms with Crippen LogP contribution in [-0.2, 0) is 4.79 Å². The maximum absolute atomic E-state index is 12.8. The van der Waals surface area contributed by atoms with Crippen LogP contribution in [-0.4, -0.2) is 16.8 Å². The number of rotatable bonds is 5. The monoisotopic (exact) mass is 421 g/mol. The largest absolute Gasteiger partial charge is 0.490 e. The first-order valence-electron chi connectivity index (χ1n) is 7.56. The summed E-state index contributed by atoms with van der Waals surface area (Å²) >= 11 is 18.6. The number of carbonyl (C=O) groups is 1. The Morgan fingerprint density at radius 3 is 2.54 bits per heavy atom. The van der Waals surface area contributed by atoms with Crippen LogP contribution in [0.4, 0.5) is 5.69 Å². The van der Waals surface area contributed by atoms with E-state index in [0.717, 1.165) is 11.3 Å². The van der Waals surface area contributed by atoms with Crippen LogP contribution in [0.1, 0.15) is 5.56 Å². The molecule has 26 heavy (non-hydrogen) atoms. The summed E-state index contributed by atoms with van der Waals surface area (Å²) in [5, 5.41) is 0.799. The maximum atomic E-state index is 12.8. The first-order valence-corrected chi connectivity index (χ1v) is 9.54. The van der Waals surface area contributed by atoms with Crippen molar-refractivity contribution in [3.05, 3.63) is 75.6 Å². The number of thioether (sulfide) groups is 1. The Morgan fingerprint density at radius 2 is 1.88 bits per heavy atom. The van der Waals surface area contributed by atoms with E-state index in [9.17, 15) is 4.79 Å². The van der Waals surface area contributed by atoms with E-state index in [2.05, 4.69) is 6.58 Å². The van der Waals surface area contributed by atoms with Crippen LogP contribution in [0.15, 0.2) is 60.0 Å². The smallest absolute Gasteiger partial charge is 0.270 e. The average molecular weight is 422 g/mol. The Kier molecular flexibility index (Phi) is 6.04. The molecule has 2 aromatic carbocycles. The van der Waals surface area contributed by atoms with Gasteiger partial charge in [0, 0.05) is 0 Å². The molecule has 3 nitrogen and oxygen atoms in total. The van der Waals surface area contributed by atoms with E-state index < -0.39 is 0 Å². The molecule has 0 radical (unpaired) electrons. The Morgan fingerprint density at radius 1 is 1.15 bits per heavy atom. The summed E-state index contributed by atoms with van der Waals surface area (Å²) in [6.45, 7) is 4.06. The van der Waals surface area contributed by atoms with Gasteiger partial charge in [-0.1, -0.05) is 72.0 Å². The third-order valence-corrected chi connectivity index (χ3v) is 5.54. The molecular formula is C19H13Cl2NO2S2. The van der Waals surface area contributed by atoms with E-state index >= 15 is 0 Å². The molecule has 132 valence electrons. The molecule has 0 N–H and O–H groups in total. The van der Waals surface area contributed by atoms with Crippen LogP contribution in [0, 0.1) is 0 Å². The quantitative estimate of drug-likeness (QED) is 0.338. The number of hydrogen-bond acceptors (Lipinski definition) is 4. The van der Waals surface area contributed by atoms with Gasteiger partial charge in [-0.2, -0.15) is 0 Å². The predicted molar refractivity (Wildman–Crippen MR) is 114 cm³/mol. The Labute approximate surface area is 171 Å². The van der Waals surface area contributed by atoms with Crippen molar-refractivity contribution in [2.45, 2.75) is 0 Å². The van der Waals surface area contributed by atoms with Gasteiger partial charge < -0.3 is 4.74 Å². The van der Waals surface area contributed by atoms with Gasteiger partial charge in [0.05, 0.1) is 20.6 Å². The van der Waals surface area contributed by atoms with Crippen molar-refractivity contribution in [1.82, 2.24) is 0 Å². The third-order valence-electron chi connectivity index (χ3n) is 3.50. The lowest BCUT2D eigenvalue weighted by atomic mass is 10.2. The van der Waals surface area contributed by atoms with Gasteiger partial charge in [0.25, 0.3) is 5.91 Å². The number of hydrogen-bond donors (Lipinski definition) is 0. The minimum atomic E-state index is -0.189. The third kappa shape index (κ3) is 4.13. The molecule has 0 aliphatic carbocycles. The highest BCUT2D eigenvalue weighted by Crippen LogP contribution is 2.38. The van der Waals surface area contributed by atoms with Crippen molar-refractivity contribution in [2.24, 2.45) is 0 Å². The van der Waals surface area contributed by atoms with Crippen LogP contribution < -0.4 is 9.64 Å². The summed E-state index contributed by atoms with van der Waals surface area (Å²) in [6.07, 6.45) is 3.48. The fraction of sp³-hybridized carbons (Fsp3) is 0.0526. The van der Waals surface area contributed by atoms with E-state index in [1.807, 2.05) is 24.3 Å². The minimum Gasteiger partial charge on any atom is -0.490 e. The van der Waals surface area contributed by atoms with Crippen molar-refractivity contribution in [3.63, 3.8) is 0 Å². The molecule has 7 heteroatoms. The lowest BCUT2D eigenvalue weighted by Gasteiger charge is -2.15. The molecule has 0 aromatic heterocycles. The second kappa shape index (κ2) is 8.27. The molecule has 2 aromatic rings. The van der Waals surface area contributed by atoms with Gasteiger partial charge in [-0.3, -0.25) is 9.69 Å². The van der Waals surface area contributed by atoms with Gasteiger partial charge >= 0.3 is 0 Å². The number of nitrogens with zero attached hydrogens (tertiary/aromatic N) is 1. The number of ether oxygens (including phenoxy) is 1. The highest BCUT2D eigenvalue weighted by atomic mass is 35.5. The molecular weight excluding hydrogens is 409 g/mol. The summed E-state index contributed by atoms with van der Waals surface area (Å²) in [6, 6.07) is 12.4. The van der Waals surface area contributed by atoms with Gasteiger partial charge in [0.2, 0.25) is 0 Å². The number of carbonyl (C=O) groups excluding carboxylic acids is 1. The second-order valence-electron chi connectivity index (χ2n) is 5.28. The van der Waals surface area contributed by atoms with Crippen molar-refractivity contribution < 1.29 is 9.53 Å². The van der Waals surface area contributed by atoms with Crippen LogP contribution in [0.5, 0.6) is 5.75 Å². The van der Waals surface area contributed by atoms with Crippen LogP contribution in [0.25, 0.3) is 6.08 Å². The van der Waals surface area contributed by atoms with Gasteiger partial charge in [-0.05, 0) is 42.0 Å². The molecule has 1 saturated heterocycles. The molecule has 1 aliphatic heterocycles. The zero-order chi connectivity index (χ0) is 18.7. The molecule has 0 saturated carbocycles. The van der Waals surface area contributed by atoms with E-state index in [-0.39, 0.29) is 5.91 Å². The Hall–Kier alpha value is -1.79.